The van der Waals surface area contributed by atoms with Crippen LogP contribution in [0.4, 0.5) is 0 Å². The molecular weight excluding hydrogens is 253 g/mol. The smallest absolute Gasteiger partial charge is 0.336 e. The van der Waals surface area contributed by atoms with Gasteiger partial charge in [-0.15, -0.1) is 5.16 Å². The number of rotatable bonds is 12. The van der Waals surface area contributed by atoms with Gasteiger partial charge in [-0.3, -0.25) is 4.57 Å². The van der Waals surface area contributed by atoms with E-state index in [0.29, 0.717) is 13.2 Å². The topological polar surface area (TPSA) is 68.1 Å². The molecule has 0 aliphatic rings. The van der Waals surface area contributed by atoms with Gasteiger partial charge in [0.15, 0.2) is 0 Å². The Kier molecular flexibility index (Phi) is 11.4. The zero-order valence-corrected chi connectivity index (χ0v) is 12.4. The van der Waals surface area contributed by atoms with Crippen molar-refractivity contribution in [2.75, 3.05) is 19.4 Å². The predicted molar refractivity (Wildman–Crippen MR) is 73.7 cm³/mol. The predicted octanol–water partition coefficient (Wildman–Crippen LogP) is 4.05. The minimum atomic E-state index is -3.13. The Labute approximate surface area is 110 Å². The molecule has 18 heavy (non-hydrogen) atoms. The summed E-state index contributed by atoms with van der Waals surface area (Å²) in [5.74, 6) is 0. The summed E-state index contributed by atoms with van der Waals surface area (Å²) in [6.07, 6.45) is 7.20. The SMILES string of the molecule is CCCCCOP(=O)(CC=NO)OCCCCC. The minimum absolute atomic E-state index is 0.0295. The lowest BCUT2D eigenvalue weighted by Gasteiger charge is -2.16. The van der Waals surface area contributed by atoms with Gasteiger partial charge in [-0.25, -0.2) is 0 Å². The highest BCUT2D eigenvalue weighted by Gasteiger charge is 2.23. The first-order valence-corrected chi connectivity index (χ1v) is 8.45. The second-order valence-corrected chi connectivity index (χ2v) is 6.28. The van der Waals surface area contributed by atoms with E-state index in [4.69, 9.17) is 14.3 Å². The van der Waals surface area contributed by atoms with Crippen LogP contribution in [0, 0.1) is 0 Å². The summed E-state index contributed by atoms with van der Waals surface area (Å²) in [5.41, 5.74) is 0. The van der Waals surface area contributed by atoms with E-state index < -0.39 is 7.60 Å². The van der Waals surface area contributed by atoms with Gasteiger partial charge in [-0.2, -0.15) is 0 Å². The van der Waals surface area contributed by atoms with Gasteiger partial charge in [0, 0.05) is 0 Å². The third kappa shape index (κ3) is 9.63. The van der Waals surface area contributed by atoms with Gasteiger partial charge in [0.2, 0.25) is 0 Å². The van der Waals surface area contributed by atoms with Crippen molar-refractivity contribution in [2.24, 2.45) is 5.16 Å². The van der Waals surface area contributed by atoms with Gasteiger partial charge < -0.3 is 14.3 Å². The van der Waals surface area contributed by atoms with Crippen molar-refractivity contribution < 1.29 is 18.8 Å². The Morgan fingerprint density at radius 3 is 1.94 bits per heavy atom. The van der Waals surface area contributed by atoms with Crippen molar-refractivity contribution in [3.8, 4) is 0 Å². The van der Waals surface area contributed by atoms with Crippen molar-refractivity contribution in [1.82, 2.24) is 0 Å². The lowest BCUT2D eigenvalue weighted by atomic mass is 10.3. The number of unbranched alkanes of at least 4 members (excludes halogenated alkanes) is 4. The standard InChI is InChI=1S/C12H26NO4P/c1-3-5-7-10-16-18(15,12-9-13-14)17-11-8-6-4-2/h9,14H,3-8,10-12H2,1-2H3. The van der Waals surface area contributed by atoms with Crippen molar-refractivity contribution in [1.29, 1.82) is 0 Å². The summed E-state index contributed by atoms with van der Waals surface area (Å²) < 4.78 is 22.9. The zero-order chi connectivity index (χ0) is 13.7. The maximum absolute atomic E-state index is 12.3. The minimum Gasteiger partial charge on any atom is -0.411 e. The average Bonchev–Trinajstić information content (AvgIpc) is 2.38. The first-order chi connectivity index (χ1) is 8.68. The maximum atomic E-state index is 12.3. The molecule has 0 aromatic rings. The van der Waals surface area contributed by atoms with E-state index in [0.717, 1.165) is 38.5 Å². The van der Waals surface area contributed by atoms with Crippen LogP contribution in [0.5, 0.6) is 0 Å². The van der Waals surface area contributed by atoms with Gasteiger partial charge in [0.05, 0.1) is 25.6 Å². The third-order valence-corrected chi connectivity index (χ3v) is 4.22. The molecule has 0 amide bonds. The molecular formula is C12H26NO4P. The van der Waals surface area contributed by atoms with Gasteiger partial charge in [-0.05, 0) is 12.8 Å². The Morgan fingerprint density at radius 2 is 1.56 bits per heavy atom. The first kappa shape index (κ1) is 17.6. The molecule has 6 heteroatoms. The third-order valence-electron chi connectivity index (χ3n) is 2.46. The quantitative estimate of drug-likeness (QED) is 0.192. The van der Waals surface area contributed by atoms with Crippen LogP contribution in [0.1, 0.15) is 52.4 Å². The van der Waals surface area contributed by atoms with Crippen LogP contribution in [0.25, 0.3) is 0 Å². The highest BCUT2D eigenvalue weighted by molar-refractivity contribution is 7.54. The van der Waals surface area contributed by atoms with Crippen molar-refractivity contribution in [3.05, 3.63) is 0 Å². The van der Waals surface area contributed by atoms with Crippen LogP contribution in [0.3, 0.4) is 0 Å². The normalized spacial score (nSPS) is 12.3. The monoisotopic (exact) mass is 279 g/mol. The molecule has 0 heterocycles. The lowest BCUT2D eigenvalue weighted by Crippen LogP contribution is -2.04. The van der Waals surface area contributed by atoms with Crippen LogP contribution >= 0.6 is 7.60 Å². The Bertz CT molecular complexity index is 242. The van der Waals surface area contributed by atoms with E-state index in [2.05, 4.69) is 19.0 Å². The summed E-state index contributed by atoms with van der Waals surface area (Å²) in [5, 5.41) is 11.2. The number of oxime groups is 1. The molecule has 0 aromatic heterocycles. The summed E-state index contributed by atoms with van der Waals surface area (Å²) in [7, 11) is -3.13. The zero-order valence-electron chi connectivity index (χ0n) is 11.5. The number of hydrogen-bond donors (Lipinski definition) is 1. The molecule has 1 N–H and O–H groups in total. The summed E-state index contributed by atoms with van der Waals surface area (Å²) in [6, 6.07) is 0. The molecule has 0 bridgehead atoms. The fourth-order valence-corrected chi connectivity index (χ4v) is 2.76. The second-order valence-electron chi connectivity index (χ2n) is 4.17. The fourth-order valence-electron chi connectivity index (χ4n) is 1.39. The van der Waals surface area contributed by atoms with Gasteiger partial charge in [-0.1, -0.05) is 39.5 Å². The van der Waals surface area contributed by atoms with E-state index in [1.54, 1.807) is 0 Å². The molecule has 0 aliphatic carbocycles. The molecule has 0 fully saturated rings. The van der Waals surface area contributed by atoms with Crippen LogP contribution in [-0.2, 0) is 13.6 Å². The summed E-state index contributed by atoms with van der Waals surface area (Å²) in [4.78, 5) is 0. The largest absolute Gasteiger partial charge is 0.411 e. The maximum Gasteiger partial charge on any atom is 0.336 e. The van der Waals surface area contributed by atoms with E-state index in [1.165, 1.54) is 6.21 Å². The molecule has 0 rings (SSSR count). The highest BCUT2D eigenvalue weighted by atomic mass is 31.2. The molecule has 5 nitrogen and oxygen atoms in total. The summed E-state index contributed by atoms with van der Waals surface area (Å²) in [6.45, 7) is 5.05. The van der Waals surface area contributed by atoms with E-state index >= 15 is 0 Å². The molecule has 0 saturated heterocycles. The Morgan fingerprint density at radius 1 is 1.06 bits per heavy atom. The second kappa shape index (κ2) is 11.7. The van der Waals surface area contributed by atoms with Crippen LogP contribution in [0.15, 0.2) is 5.16 Å². The number of nitrogens with zero attached hydrogens (tertiary/aromatic N) is 1. The fraction of sp³-hybridized carbons (Fsp3) is 0.917. The van der Waals surface area contributed by atoms with E-state index in [1.807, 2.05) is 0 Å². The highest BCUT2D eigenvalue weighted by Crippen LogP contribution is 2.47. The number of hydrogen-bond acceptors (Lipinski definition) is 5. The van der Waals surface area contributed by atoms with Crippen LogP contribution in [0.2, 0.25) is 0 Å². The first-order valence-electron chi connectivity index (χ1n) is 6.72. The van der Waals surface area contributed by atoms with Crippen molar-refractivity contribution in [2.45, 2.75) is 52.4 Å². The molecule has 0 saturated carbocycles. The van der Waals surface area contributed by atoms with Crippen LogP contribution in [-0.4, -0.2) is 30.8 Å². The van der Waals surface area contributed by atoms with Gasteiger partial charge >= 0.3 is 7.60 Å². The summed E-state index contributed by atoms with van der Waals surface area (Å²) >= 11 is 0. The molecule has 0 atom stereocenters. The molecule has 0 unspecified atom stereocenters. The molecule has 0 aliphatic heterocycles. The van der Waals surface area contributed by atoms with Gasteiger partial charge in [0.1, 0.15) is 0 Å². The van der Waals surface area contributed by atoms with Crippen molar-refractivity contribution in [3.63, 3.8) is 0 Å². The molecule has 0 aromatic carbocycles. The van der Waals surface area contributed by atoms with Crippen LogP contribution < -0.4 is 0 Å². The Hall–Kier alpha value is -0.380. The van der Waals surface area contributed by atoms with Gasteiger partial charge in [0.25, 0.3) is 0 Å². The molecule has 0 spiro atoms. The van der Waals surface area contributed by atoms with E-state index in [9.17, 15) is 4.57 Å². The van der Waals surface area contributed by atoms with Crippen molar-refractivity contribution >= 4 is 13.8 Å². The lowest BCUT2D eigenvalue weighted by molar-refractivity contribution is 0.201. The molecule has 108 valence electrons. The van der Waals surface area contributed by atoms with E-state index in [-0.39, 0.29) is 6.16 Å². The average molecular weight is 279 g/mol. The Balaban J connectivity index is 4.03. The molecule has 0 radical (unpaired) electrons.